The summed E-state index contributed by atoms with van der Waals surface area (Å²) in [5.41, 5.74) is -0.957. The van der Waals surface area contributed by atoms with E-state index in [1.54, 1.807) is 12.1 Å². The molecule has 2 aromatic heterocycles. The molecule has 0 unspecified atom stereocenters. The van der Waals surface area contributed by atoms with Crippen LogP contribution in [0.2, 0.25) is 0 Å². The van der Waals surface area contributed by atoms with Gasteiger partial charge < -0.3 is 5.32 Å². The second-order valence-corrected chi connectivity index (χ2v) is 6.29. The maximum absolute atomic E-state index is 11.9. The predicted molar refractivity (Wildman–Crippen MR) is 76.9 cm³/mol. The Morgan fingerprint density at radius 2 is 1.95 bits per heavy atom. The second kappa shape index (κ2) is 5.14. The summed E-state index contributed by atoms with van der Waals surface area (Å²) in [4.78, 5) is 35.7. The fraction of sp³-hybridized carbons (Fsp3) is 0.182. The highest BCUT2D eigenvalue weighted by Crippen LogP contribution is 2.22. The van der Waals surface area contributed by atoms with Crippen LogP contribution in [0.3, 0.4) is 0 Å². The van der Waals surface area contributed by atoms with Gasteiger partial charge in [0.25, 0.3) is 11.5 Å². The Kier molecular flexibility index (Phi) is 3.72. The van der Waals surface area contributed by atoms with Gasteiger partial charge in [-0.05, 0) is 28.1 Å². The van der Waals surface area contributed by atoms with Gasteiger partial charge in [0.15, 0.2) is 0 Å². The number of rotatable bonds is 2. The molecule has 0 bridgehead atoms. The maximum atomic E-state index is 11.9. The third-order valence-corrected chi connectivity index (χ3v) is 4.19. The summed E-state index contributed by atoms with van der Waals surface area (Å²) in [6.45, 7) is 0. The minimum atomic E-state index is -0.491. The molecule has 0 aliphatic carbocycles. The Balaban J connectivity index is 2.37. The molecule has 0 aromatic carbocycles. The molecule has 0 radical (unpaired) electrons. The Morgan fingerprint density at radius 1 is 1.26 bits per heavy atom. The molecule has 1 amide bonds. The highest BCUT2D eigenvalue weighted by Gasteiger charge is 2.12. The molecule has 2 rings (SSSR count). The van der Waals surface area contributed by atoms with Crippen molar-refractivity contribution in [3.8, 4) is 0 Å². The van der Waals surface area contributed by atoms with Crippen LogP contribution in [0, 0.1) is 0 Å². The topological polar surface area (TPSA) is 73.1 Å². The molecule has 1 N–H and O–H groups in total. The van der Waals surface area contributed by atoms with E-state index < -0.39 is 11.2 Å². The minimum absolute atomic E-state index is 0.169. The molecule has 0 saturated heterocycles. The first-order chi connectivity index (χ1) is 8.90. The van der Waals surface area contributed by atoms with E-state index in [-0.39, 0.29) is 11.7 Å². The van der Waals surface area contributed by atoms with E-state index in [1.807, 2.05) is 0 Å². The smallest absolute Gasteiger partial charge is 0.307 e. The van der Waals surface area contributed by atoms with E-state index in [4.69, 9.17) is 0 Å². The first-order valence-corrected chi connectivity index (χ1v) is 6.85. The van der Waals surface area contributed by atoms with Crippen LogP contribution in [-0.4, -0.2) is 15.0 Å². The minimum Gasteiger partial charge on any atom is -0.307 e. The van der Waals surface area contributed by atoms with Gasteiger partial charge in [-0.1, -0.05) is 0 Å². The van der Waals surface area contributed by atoms with E-state index in [0.29, 0.717) is 4.88 Å². The molecule has 0 spiro atoms. The first-order valence-electron chi connectivity index (χ1n) is 5.24. The van der Waals surface area contributed by atoms with Gasteiger partial charge in [-0.15, -0.1) is 11.3 Å². The summed E-state index contributed by atoms with van der Waals surface area (Å²) in [5, 5.41) is 2.55. The zero-order chi connectivity index (χ0) is 14.2. The summed E-state index contributed by atoms with van der Waals surface area (Å²) < 4.78 is 3.01. The number of carbonyl (C=O) groups is 1. The number of carbonyl (C=O) groups excluding carboxylic acids is 1. The summed E-state index contributed by atoms with van der Waals surface area (Å²) >= 11 is 4.53. The number of hydrogen-bond donors (Lipinski definition) is 1. The molecule has 0 atom stereocenters. The van der Waals surface area contributed by atoms with Crippen LogP contribution in [-0.2, 0) is 14.1 Å². The first kappa shape index (κ1) is 13.8. The molecule has 0 saturated carbocycles. The normalized spacial score (nSPS) is 10.5. The van der Waals surface area contributed by atoms with Crippen molar-refractivity contribution in [3.63, 3.8) is 0 Å². The zero-order valence-electron chi connectivity index (χ0n) is 10.1. The molecule has 6 nitrogen and oxygen atoms in total. The molecule has 2 heterocycles. The van der Waals surface area contributed by atoms with Crippen molar-refractivity contribution in [3.05, 3.63) is 47.7 Å². The summed E-state index contributed by atoms with van der Waals surface area (Å²) in [6, 6.07) is 4.62. The van der Waals surface area contributed by atoms with Crippen LogP contribution >= 0.6 is 27.3 Å². The molecule has 2 aromatic rings. The monoisotopic (exact) mass is 343 g/mol. The van der Waals surface area contributed by atoms with E-state index in [2.05, 4.69) is 21.2 Å². The predicted octanol–water partition coefficient (Wildman–Crippen LogP) is 1.16. The van der Waals surface area contributed by atoms with Crippen molar-refractivity contribution >= 4 is 39.0 Å². The molecule has 0 aliphatic rings. The zero-order valence-corrected chi connectivity index (χ0v) is 12.5. The van der Waals surface area contributed by atoms with Crippen LogP contribution in [0.1, 0.15) is 9.67 Å². The fourth-order valence-corrected chi connectivity index (χ4v) is 2.75. The van der Waals surface area contributed by atoms with Crippen LogP contribution in [0.4, 0.5) is 5.82 Å². The van der Waals surface area contributed by atoms with Crippen LogP contribution in [0.25, 0.3) is 0 Å². The lowest BCUT2D eigenvalue weighted by molar-refractivity contribution is 0.102. The summed E-state index contributed by atoms with van der Waals surface area (Å²) in [5.74, 6) is -0.193. The molecule has 100 valence electrons. The third kappa shape index (κ3) is 2.69. The SMILES string of the molecule is Cn1c(NC(=O)c2ccc(Br)s2)cc(=O)n(C)c1=O. The Bertz CT molecular complexity index is 759. The third-order valence-electron chi connectivity index (χ3n) is 2.56. The van der Waals surface area contributed by atoms with Crippen molar-refractivity contribution in [2.45, 2.75) is 0 Å². The number of nitrogens with one attached hydrogen (secondary N) is 1. The number of halogens is 1. The highest BCUT2D eigenvalue weighted by molar-refractivity contribution is 9.11. The van der Waals surface area contributed by atoms with E-state index in [9.17, 15) is 14.4 Å². The molecule has 8 heteroatoms. The van der Waals surface area contributed by atoms with Crippen LogP contribution < -0.4 is 16.6 Å². The van der Waals surface area contributed by atoms with Crippen LogP contribution in [0.5, 0.6) is 0 Å². The lowest BCUT2D eigenvalue weighted by atomic mass is 10.4. The van der Waals surface area contributed by atoms with Gasteiger partial charge in [-0.25, -0.2) is 4.79 Å². The van der Waals surface area contributed by atoms with Gasteiger partial charge in [0, 0.05) is 20.2 Å². The molecule has 0 fully saturated rings. The van der Waals surface area contributed by atoms with Crippen molar-refractivity contribution in [1.29, 1.82) is 0 Å². The summed E-state index contributed by atoms with van der Waals surface area (Å²) in [7, 11) is 2.87. The van der Waals surface area contributed by atoms with Crippen LogP contribution in [0.15, 0.2) is 31.6 Å². The van der Waals surface area contributed by atoms with Gasteiger partial charge in [-0.2, -0.15) is 0 Å². The Hall–Kier alpha value is -1.67. The fourth-order valence-electron chi connectivity index (χ4n) is 1.47. The molecule has 0 aliphatic heterocycles. The number of amides is 1. The number of aromatic nitrogens is 2. The molecular weight excluding hydrogens is 334 g/mol. The van der Waals surface area contributed by atoms with Crippen molar-refractivity contribution < 1.29 is 4.79 Å². The largest absolute Gasteiger partial charge is 0.332 e. The number of thiophene rings is 1. The average molecular weight is 344 g/mol. The lowest BCUT2D eigenvalue weighted by Gasteiger charge is -2.09. The van der Waals surface area contributed by atoms with Gasteiger partial charge in [0.1, 0.15) is 5.82 Å². The molecule has 19 heavy (non-hydrogen) atoms. The van der Waals surface area contributed by atoms with Crippen molar-refractivity contribution in [2.24, 2.45) is 14.1 Å². The Labute approximate surface area is 120 Å². The maximum Gasteiger partial charge on any atom is 0.332 e. The standard InChI is InChI=1S/C11H10BrN3O3S/c1-14-8(5-9(16)15(2)11(14)18)13-10(17)6-3-4-7(12)19-6/h3-5H,1-2H3,(H,13,17). The van der Waals surface area contributed by atoms with E-state index in [0.717, 1.165) is 8.35 Å². The lowest BCUT2D eigenvalue weighted by Crippen LogP contribution is -2.38. The van der Waals surface area contributed by atoms with E-state index in [1.165, 1.54) is 36.1 Å². The van der Waals surface area contributed by atoms with Crippen molar-refractivity contribution in [2.75, 3.05) is 5.32 Å². The number of hydrogen-bond acceptors (Lipinski definition) is 4. The Morgan fingerprint density at radius 3 is 2.53 bits per heavy atom. The van der Waals surface area contributed by atoms with Gasteiger partial charge in [0.05, 0.1) is 8.66 Å². The van der Waals surface area contributed by atoms with Gasteiger partial charge in [0.2, 0.25) is 0 Å². The average Bonchev–Trinajstić information content (AvgIpc) is 2.80. The second-order valence-electron chi connectivity index (χ2n) is 3.83. The quantitative estimate of drug-likeness (QED) is 0.889. The molecular formula is C11H10BrN3O3S. The van der Waals surface area contributed by atoms with Crippen molar-refractivity contribution in [1.82, 2.24) is 9.13 Å². The van der Waals surface area contributed by atoms with Gasteiger partial charge >= 0.3 is 5.69 Å². The number of anilines is 1. The summed E-state index contributed by atoms with van der Waals surface area (Å²) in [6.07, 6.45) is 0. The highest BCUT2D eigenvalue weighted by atomic mass is 79.9. The van der Waals surface area contributed by atoms with E-state index >= 15 is 0 Å². The number of nitrogens with zero attached hydrogens (tertiary/aromatic N) is 2. The van der Waals surface area contributed by atoms with Gasteiger partial charge in [-0.3, -0.25) is 18.7 Å².